The summed E-state index contributed by atoms with van der Waals surface area (Å²) in [5.74, 6) is 1.04. The van der Waals surface area contributed by atoms with Crippen LogP contribution in [-0.2, 0) is 0 Å². The second-order valence-corrected chi connectivity index (χ2v) is 6.26. The molecule has 2 heteroatoms. The third-order valence-electron chi connectivity index (χ3n) is 4.35. The molecular weight excluding hydrogens is 220 g/mol. The fourth-order valence-electron chi connectivity index (χ4n) is 3.22. The monoisotopic (exact) mass is 250 g/mol. The first-order valence-corrected chi connectivity index (χ1v) is 7.75. The molecule has 0 bridgehead atoms. The lowest BCUT2D eigenvalue weighted by molar-refractivity contribution is 0.0761. The van der Waals surface area contributed by atoms with E-state index < -0.39 is 0 Å². The molecule has 3 unspecified atom stereocenters. The zero-order chi connectivity index (χ0) is 13.5. The maximum absolute atomic E-state index is 9.37. The van der Waals surface area contributed by atoms with Crippen molar-refractivity contribution in [3.8, 4) is 6.07 Å². The molecule has 0 amide bonds. The summed E-state index contributed by atoms with van der Waals surface area (Å²) in [7, 11) is 0. The summed E-state index contributed by atoms with van der Waals surface area (Å²) >= 11 is 0. The molecule has 104 valence electrons. The van der Waals surface area contributed by atoms with E-state index in [0.717, 1.165) is 12.3 Å². The van der Waals surface area contributed by atoms with Gasteiger partial charge in [0.05, 0.1) is 12.0 Å². The van der Waals surface area contributed by atoms with E-state index in [4.69, 9.17) is 0 Å². The van der Waals surface area contributed by atoms with Crippen LogP contribution >= 0.6 is 0 Å². The minimum atomic E-state index is 0.255. The summed E-state index contributed by atoms with van der Waals surface area (Å²) in [5, 5.41) is 9.37. The van der Waals surface area contributed by atoms with Gasteiger partial charge in [0, 0.05) is 12.1 Å². The van der Waals surface area contributed by atoms with Crippen LogP contribution in [0.2, 0.25) is 0 Å². The molecule has 0 spiro atoms. The van der Waals surface area contributed by atoms with Gasteiger partial charge in [-0.3, -0.25) is 4.90 Å². The zero-order valence-electron chi connectivity index (χ0n) is 12.7. The highest BCUT2D eigenvalue weighted by Gasteiger charge is 2.33. The van der Waals surface area contributed by atoms with E-state index in [9.17, 15) is 5.26 Å². The van der Waals surface area contributed by atoms with Gasteiger partial charge in [0.2, 0.25) is 0 Å². The molecule has 1 rings (SSSR count). The van der Waals surface area contributed by atoms with Crippen LogP contribution < -0.4 is 0 Å². The van der Waals surface area contributed by atoms with E-state index in [0.29, 0.717) is 12.1 Å². The summed E-state index contributed by atoms with van der Waals surface area (Å²) in [4.78, 5) is 2.60. The lowest BCUT2D eigenvalue weighted by Gasteiger charge is -2.41. The van der Waals surface area contributed by atoms with Gasteiger partial charge in [0.25, 0.3) is 0 Å². The first kappa shape index (κ1) is 15.5. The van der Waals surface area contributed by atoms with Crippen LogP contribution in [0.1, 0.15) is 66.2 Å². The fourth-order valence-corrected chi connectivity index (χ4v) is 3.22. The van der Waals surface area contributed by atoms with Crippen molar-refractivity contribution in [1.29, 1.82) is 5.26 Å². The van der Waals surface area contributed by atoms with Gasteiger partial charge in [-0.25, -0.2) is 0 Å². The predicted octanol–water partition coefficient (Wildman–Crippen LogP) is 4.22. The minimum absolute atomic E-state index is 0.255. The maximum atomic E-state index is 9.37. The van der Waals surface area contributed by atoms with Gasteiger partial charge >= 0.3 is 0 Å². The minimum Gasteiger partial charge on any atom is -0.297 e. The van der Waals surface area contributed by atoms with Gasteiger partial charge in [-0.1, -0.05) is 26.7 Å². The number of nitriles is 1. The third-order valence-corrected chi connectivity index (χ3v) is 4.35. The molecule has 0 heterocycles. The van der Waals surface area contributed by atoms with Crippen LogP contribution in [-0.4, -0.2) is 23.5 Å². The van der Waals surface area contributed by atoms with E-state index in [1.165, 1.54) is 38.6 Å². The Labute approximate surface area is 113 Å². The van der Waals surface area contributed by atoms with Gasteiger partial charge in [0.1, 0.15) is 0 Å². The van der Waals surface area contributed by atoms with Gasteiger partial charge < -0.3 is 0 Å². The van der Waals surface area contributed by atoms with E-state index in [1.807, 2.05) is 0 Å². The normalized spacial score (nSPS) is 28.6. The average molecular weight is 250 g/mol. The van der Waals surface area contributed by atoms with Crippen molar-refractivity contribution < 1.29 is 0 Å². The van der Waals surface area contributed by atoms with Crippen LogP contribution in [0.15, 0.2) is 0 Å². The summed E-state index contributed by atoms with van der Waals surface area (Å²) in [5.41, 5.74) is 0. The van der Waals surface area contributed by atoms with Crippen molar-refractivity contribution >= 4 is 0 Å². The van der Waals surface area contributed by atoms with Crippen LogP contribution in [0, 0.1) is 23.2 Å². The van der Waals surface area contributed by atoms with Gasteiger partial charge in [-0.05, 0) is 52.0 Å². The van der Waals surface area contributed by atoms with Crippen molar-refractivity contribution in [3.05, 3.63) is 0 Å². The van der Waals surface area contributed by atoms with E-state index >= 15 is 0 Å². The maximum Gasteiger partial charge on any atom is 0.0672 e. The lowest BCUT2D eigenvalue weighted by atomic mass is 9.78. The second-order valence-electron chi connectivity index (χ2n) is 6.26. The number of nitrogens with zero attached hydrogens (tertiary/aromatic N) is 2. The molecule has 0 N–H and O–H groups in total. The number of rotatable bonds is 6. The molecule has 1 aliphatic carbocycles. The Morgan fingerprint density at radius 3 is 2.56 bits per heavy atom. The zero-order valence-corrected chi connectivity index (χ0v) is 12.7. The molecule has 1 fully saturated rings. The largest absolute Gasteiger partial charge is 0.297 e. The number of unbranched alkanes of at least 4 members (excludes halogenated alkanes) is 2. The quantitative estimate of drug-likeness (QED) is 0.660. The summed E-state index contributed by atoms with van der Waals surface area (Å²) in [6.07, 6.45) is 7.40. The van der Waals surface area contributed by atoms with Gasteiger partial charge in [0.15, 0.2) is 0 Å². The van der Waals surface area contributed by atoms with E-state index in [-0.39, 0.29) is 5.92 Å². The standard InChI is InChI=1S/C16H30N2/c1-5-6-7-10-18(13(2)3)16-11-14(4)8-9-15(16)12-17/h13-16H,5-11H2,1-4H3. The molecule has 1 saturated carbocycles. The first-order valence-electron chi connectivity index (χ1n) is 7.75. The molecule has 2 nitrogen and oxygen atoms in total. The number of hydrogen-bond acceptors (Lipinski definition) is 2. The molecule has 0 aromatic heterocycles. The van der Waals surface area contributed by atoms with Crippen molar-refractivity contribution in [2.75, 3.05) is 6.54 Å². The highest BCUT2D eigenvalue weighted by atomic mass is 15.2. The second kappa shape index (κ2) is 7.79. The molecule has 0 aromatic rings. The molecular formula is C16H30N2. The summed E-state index contributed by atoms with van der Waals surface area (Å²) < 4.78 is 0. The Morgan fingerprint density at radius 1 is 1.28 bits per heavy atom. The van der Waals surface area contributed by atoms with E-state index in [1.54, 1.807) is 0 Å². The van der Waals surface area contributed by atoms with Crippen LogP contribution in [0.4, 0.5) is 0 Å². The van der Waals surface area contributed by atoms with Crippen LogP contribution in [0.5, 0.6) is 0 Å². The van der Waals surface area contributed by atoms with Gasteiger partial charge in [-0.15, -0.1) is 0 Å². The summed E-state index contributed by atoms with van der Waals surface area (Å²) in [6, 6.07) is 3.62. The van der Waals surface area contributed by atoms with E-state index in [2.05, 4.69) is 38.7 Å². The predicted molar refractivity (Wildman–Crippen MR) is 77.3 cm³/mol. The van der Waals surface area contributed by atoms with Crippen molar-refractivity contribution in [1.82, 2.24) is 4.90 Å². The molecule has 0 radical (unpaired) electrons. The molecule has 0 saturated heterocycles. The highest BCUT2D eigenvalue weighted by Crippen LogP contribution is 2.33. The molecule has 0 aliphatic heterocycles. The Morgan fingerprint density at radius 2 is 2.00 bits per heavy atom. The average Bonchev–Trinajstić information content (AvgIpc) is 2.34. The SMILES string of the molecule is CCCCCN(C(C)C)C1CC(C)CCC1C#N. The third kappa shape index (κ3) is 4.28. The fraction of sp³-hybridized carbons (Fsp3) is 0.938. The smallest absolute Gasteiger partial charge is 0.0672 e. The first-order chi connectivity index (χ1) is 8.60. The topological polar surface area (TPSA) is 27.0 Å². The molecule has 18 heavy (non-hydrogen) atoms. The van der Waals surface area contributed by atoms with Crippen molar-refractivity contribution in [2.24, 2.45) is 11.8 Å². The highest BCUT2D eigenvalue weighted by molar-refractivity contribution is 4.97. The van der Waals surface area contributed by atoms with Crippen LogP contribution in [0.25, 0.3) is 0 Å². The Balaban J connectivity index is 2.66. The van der Waals surface area contributed by atoms with Crippen molar-refractivity contribution in [3.63, 3.8) is 0 Å². The van der Waals surface area contributed by atoms with Gasteiger partial charge in [-0.2, -0.15) is 5.26 Å². The van der Waals surface area contributed by atoms with Crippen molar-refractivity contribution in [2.45, 2.75) is 78.3 Å². The Hall–Kier alpha value is -0.550. The Kier molecular flexibility index (Phi) is 6.71. The molecule has 0 aromatic carbocycles. The molecule has 3 atom stereocenters. The summed E-state index contributed by atoms with van der Waals surface area (Å²) in [6.45, 7) is 10.3. The lowest BCUT2D eigenvalue weighted by Crippen LogP contribution is -2.47. The Bertz CT molecular complexity index is 267. The number of hydrogen-bond donors (Lipinski definition) is 0. The molecule has 1 aliphatic rings. The van der Waals surface area contributed by atoms with Crippen LogP contribution in [0.3, 0.4) is 0 Å².